The molecular weight excluding hydrogens is 252 g/mol. The first-order valence-electron chi connectivity index (χ1n) is 7.30. The molecule has 0 spiro atoms. The van der Waals surface area contributed by atoms with E-state index in [0.29, 0.717) is 17.4 Å². The molecule has 0 unspecified atom stereocenters. The minimum Gasteiger partial charge on any atom is -0.349 e. The fraction of sp³-hybridized carbons (Fsp3) is 0.667. The number of carbonyl (C=O) groups excluding carboxylic acids is 1. The summed E-state index contributed by atoms with van der Waals surface area (Å²) in [6.45, 7) is 7.92. The smallest absolute Gasteiger partial charge is 0.270 e. The quantitative estimate of drug-likeness (QED) is 0.913. The minimum atomic E-state index is -0.111. The van der Waals surface area contributed by atoms with Crippen LogP contribution in [0.15, 0.2) is 6.07 Å². The molecule has 5 heteroatoms. The van der Waals surface area contributed by atoms with Crippen LogP contribution in [0.3, 0.4) is 0 Å². The molecule has 1 aliphatic heterocycles. The van der Waals surface area contributed by atoms with Gasteiger partial charge in [-0.25, -0.2) is 9.97 Å². The van der Waals surface area contributed by atoms with Crippen LogP contribution in [-0.4, -0.2) is 47.0 Å². The van der Waals surface area contributed by atoms with Crippen molar-refractivity contribution in [1.82, 2.24) is 20.2 Å². The molecule has 1 N–H and O–H groups in total. The number of nitrogens with one attached hydrogen (secondary N) is 1. The third kappa shape index (κ3) is 3.76. The zero-order valence-electron chi connectivity index (χ0n) is 12.8. The van der Waals surface area contributed by atoms with Crippen molar-refractivity contribution >= 4 is 5.91 Å². The molecule has 1 aliphatic rings. The number of rotatable bonds is 3. The Balaban J connectivity index is 2.18. The van der Waals surface area contributed by atoms with Crippen LogP contribution in [-0.2, 0) is 0 Å². The van der Waals surface area contributed by atoms with Crippen molar-refractivity contribution in [3.8, 4) is 0 Å². The van der Waals surface area contributed by atoms with Gasteiger partial charge in [-0.1, -0.05) is 0 Å². The van der Waals surface area contributed by atoms with Crippen LogP contribution in [0.1, 0.15) is 54.6 Å². The van der Waals surface area contributed by atoms with Crippen molar-refractivity contribution in [3.05, 3.63) is 23.3 Å². The number of likely N-dealkylation sites (tertiary alicyclic amines) is 1. The molecule has 1 amide bonds. The normalized spacial score (nSPS) is 17.4. The van der Waals surface area contributed by atoms with E-state index in [-0.39, 0.29) is 11.9 Å². The molecule has 0 aliphatic carbocycles. The summed E-state index contributed by atoms with van der Waals surface area (Å²) in [6.07, 6.45) is 2.19. The number of aromatic nitrogens is 2. The predicted molar refractivity (Wildman–Crippen MR) is 78.8 cm³/mol. The molecule has 5 nitrogen and oxygen atoms in total. The van der Waals surface area contributed by atoms with Crippen LogP contribution >= 0.6 is 0 Å². The number of nitrogens with zero attached hydrogens (tertiary/aromatic N) is 3. The van der Waals surface area contributed by atoms with Gasteiger partial charge in [0, 0.05) is 17.7 Å². The first-order chi connectivity index (χ1) is 9.45. The number of aryl methyl sites for hydroxylation is 1. The SMILES string of the molecule is Cc1nc(C(=O)NC(C)C)cc(C2CCN(C)CC2)n1. The average molecular weight is 276 g/mol. The zero-order chi connectivity index (χ0) is 14.7. The Morgan fingerprint density at radius 3 is 2.60 bits per heavy atom. The summed E-state index contributed by atoms with van der Waals surface area (Å²) in [4.78, 5) is 23.2. The van der Waals surface area contributed by atoms with Crippen molar-refractivity contribution in [2.24, 2.45) is 0 Å². The third-order valence-corrected chi connectivity index (χ3v) is 3.65. The summed E-state index contributed by atoms with van der Waals surface area (Å²) >= 11 is 0. The highest BCUT2D eigenvalue weighted by Gasteiger charge is 2.21. The molecule has 1 aromatic heterocycles. The monoisotopic (exact) mass is 276 g/mol. The van der Waals surface area contributed by atoms with Crippen molar-refractivity contribution in [2.45, 2.75) is 45.6 Å². The second-order valence-electron chi connectivity index (χ2n) is 5.93. The summed E-state index contributed by atoms with van der Waals surface area (Å²) in [5.41, 5.74) is 1.50. The van der Waals surface area contributed by atoms with Gasteiger partial charge in [0.05, 0.1) is 0 Å². The van der Waals surface area contributed by atoms with Crippen molar-refractivity contribution < 1.29 is 4.79 Å². The fourth-order valence-corrected chi connectivity index (χ4v) is 2.56. The summed E-state index contributed by atoms with van der Waals surface area (Å²) < 4.78 is 0. The summed E-state index contributed by atoms with van der Waals surface area (Å²) in [7, 11) is 2.14. The van der Waals surface area contributed by atoms with Crippen molar-refractivity contribution in [1.29, 1.82) is 0 Å². The molecule has 1 aromatic rings. The average Bonchev–Trinajstić information content (AvgIpc) is 2.38. The Morgan fingerprint density at radius 1 is 1.35 bits per heavy atom. The highest BCUT2D eigenvalue weighted by Crippen LogP contribution is 2.26. The Kier molecular flexibility index (Phi) is 4.70. The molecule has 1 saturated heterocycles. The first kappa shape index (κ1) is 14.9. The van der Waals surface area contributed by atoms with E-state index >= 15 is 0 Å². The van der Waals surface area contributed by atoms with Crippen LogP contribution in [0.5, 0.6) is 0 Å². The Morgan fingerprint density at radius 2 is 2.00 bits per heavy atom. The van der Waals surface area contributed by atoms with Gasteiger partial charge in [-0.15, -0.1) is 0 Å². The van der Waals surface area contributed by atoms with Crippen LogP contribution < -0.4 is 5.32 Å². The van der Waals surface area contributed by atoms with Crippen molar-refractivity contribution in [3.63, 3.8) is 0 Å². The van der Waals surface area contributed by atoms with Gasteiger partial charge >= 0.3 is 0 Å². The number of carbonyl (C=O) groups is 1. The largest absolute Gasteiger partial charge is 0.349 e. The zero-order valence-corrected chi connectivity index (χ0v) is 12.8. The van der Waals surface area contributed by atoms with Gasteiger partial charge in [0.2, 0.25) is 0 Å². The minimum absolute atomic E-state index is 0.111. The number of hydrogen-bond acceptors (Lipinski definition) is 4. The Labute approximate surface area is 120 Å². The van der Waals surface area contributed by atoms with Gasteiger partial charge < -0.3 is 10.2 Å². The van der Waals surface area contributed by atoms with E-state index in [2.05, 4.69) is 27.2 Å². The lowest BCUT2D eigenvalue weighted by Gasteiger charge is -2.28. The standard InChI is InChI=1S/C15H24N4O/c1-10(2)16-15(20)14-9-13(17-11(3)18-14)12-5-7-19(4)8-6-12/h9-10,12H,5-8H2,1-4H3,(H,16,20). The second kappa shape index (κ2) is 6.31. The van der Waals surface area contributed by atoms with E-state index in [1.165, 1.54) is 0 Å². The summed E-state index contributed by atoms with van der Waals surface area (Å²) in [5.74, 6) is 1.01. The van der Waals surface area contributed by atoms with Gasteiger partial charge in [0.1, 0.15) is 11.5 Å². The predicted octanol–water partition coefficient (Wildman–Crippen LogP) is 1.73. The molecule has 0 radical (unpaired) electrons. The molecule has 0 atom stereocenters. The molecule has 0 saturated carbocycles. The van der Waals surface area contributed by atoms with E-state index in [4.69, 9.17) is 0 Å². The highest BCUT2D eigenvalue weighted by molar-refractivity contribution is 5.92. The highest BCUT2D eigenvalue weighted by atomic mass is 16.1. The maximum Gasteiger partial charge on any atom is 0.270 e. The van der Waals surface area contributed by atoms with Crippen LogP contribution in [0, 0.1) is 6.92 Å². The van der Waals surface area contributed by atoms with Gasteiger partial charge in [0.15, 0.2) is 0 Å². The van der Waals surface area contributed by atoms with Crippen LogP contribution in [0.2, 0.25) is 0 Å². The topological polar surface area (TPSA) is 58.1 Å². The molecule has 110 valence electrons. The van der Waals surface area contributed by atoms with Crippen LogP contribution in [0.4, 0.5) is 0 Å². The molecule has 2 rings (SSSR count). The van der Waals surface area contributed by atoms with Gasteiger partial charge in [-0.2, -0.15) is 0 Å². The van der Waals surface area contributed by atoms with Gasteiger partial charge in [-0.05, 0) is 59.8 Å². The molecule has 1 fully saturated rings. The van der Waals surface area contributed by atoms with Gasteiger partial charge in [-0.3, -0.25) is 4.79 Å². The summed E-state index contributed by atoms with van der Waals surface area (Å²) in [6, 6.07) is 1.98. The van der Waals surface area contributed by atoms with Crippen molar-refractivity contribution in [2.75, 3.05) is 20.1 Å². The van der Waals surface area contributed by atoms with Crippen LogP contribution in [0.25, 0.3) is 0 Å². The third-order valence-electron chi connectivity index (χ3n) is 3.65. The van der Waals surface area contributed by atoms with E-state index < -0.39 is 0 Å². The molecule has 0 bridgehead atoms. The summed E-state index contributed by atoms with van der Waals surface area (Å²) in [5, 5.41) is 2.89. The lowest BCUT2D eigenvalue weighted by atomic mass is 9.93. The Hall–Kier alpha value is -1.49. The second-order valence-corrected chi connectivity index (χ2v) is 5.93. The van der Waals surface area contributed by atoms with Gasteiger partial charge in [0.25, 0.3) is 5.91 Å². The maximum absolute atomic E-state index is 12.1. The van der Waals surface area contributed by atoms with E-state index in [9.17, 15) is 4.79 Å². The Bertz CT molecular complexity index is 479. The van der Waals surface area contributed by atoms with E-state index in [1.54, 1.807) is 0 Å². The number of piperidine rings is 1. The lowest BCUT2D eigenvalue weighted by Crippen LogP contribution is -2.32. The molecule has 20 heavy (non-hydrogen) atoms. The molecule has 2 heterocycles. The lowest BCUT2D eigenvalue weighted by molar-refractivity contribution is 0.0937. The molecule has 0 aromatic carbocycles. The first-order valence-corrected chi connectivity index (χ1v) is 7.30. The maximum atomic E-state index is 12.1. The van der Waals surface area contributed by atoms with E-state index in [0.717, 1.165) is 31.6 Å². The number of amides is 1. The number of hydrogen-bond donors (Lipinski definition) is 1. The van der Waals surface area contributed by atoms with E-state index in [1.807, 2.05) is 26.8 Å². The fourth-order valence-electron chi connectivity index (χ4n) is 2.56. The molecular formula is C15H24N4O.